The van der Waals surface area contributed by atoms with Gasteiger partial charge in [-0.2, -0.15) is 0 Å². The number of fused-ring (bicyclic) bond motifs is 1. The summed E-state index contributed by atoms with van der Waals surface area (Å²) in [6.07, 6.45) is 6.33. The second-order valence-electron chi connectivity index (χ2n) is 7.16. The van der Waals surface area contributed by atoms with Crippen LogP contribution in [0.5, 0.6) is 5.75 Å². The molecule has 1 aromatic heterocycles. The van der Waals surface area contributed by atoms with E-state index >= 15 is 0 Å². The van der Waals surface area contributed by atoms with Crippen LogP contribution in [0.3, 0.4) is 0 Å². The van der Waals surface area contributed by atoms with E-state index in [4.69, 9.17) is 4.74 Å². The summed E-state index contributed by atoms with van der Waals surface area (Å²) in [6, 6.07) is 10.4. The molecule has 1 aliphatic rings. The largest absolute Gasteiger partial charge is 0.491 e. The number of aromatic amines is 1. The van der Waals surface area contributed by atoms with Crippen LogP contribution in [0.25, 0.3) is 0 Å². The highest BCUT2D eigenvalue weighted by Gasteiger charge is 2.31. The highest BCUT2D eigenvalue weighted by Crippen LogP contribution is 2.34. The van der Waals surface area contributed by atoms with E-state index in [2.05, 4.69) is 29.2 Å². The molecule has 0 saturated heterocycles. The van der Waals surface area contributed by atoms with Crippen molar-refractivity contribution in [1.29, 1.82) is 0 Å². The number of ketones is 1. The summed E-state index contributed by atoms with van der Waals surface area (Å²) in [5, 5.41) is 9.46. The maximum Gasteiger partial charge on any atom is 0.227 e. The van der Waals surface area contributed by atoms with Crippen molar-refractivity contribution in [2.24, 2.45) is 0 Å². The van der Waals surface area contributed by atoms with Gasteiger partial charge in [-0.3, -0.25) is 9.59 Å². The minimum absolute atomic E-state index is 0.0558. The van der Waals surface area contributed by atoms with Gasteiger partial charge in [0.2, 0.25) is 5.43 Å². The fraction of sp³-hybridized carbons (Fsp3) is 0.455. The Bertz CT molecular complexity index is 841. The summed E-state index contributed by atoms with van der Waals surface area (Å²) in [5.74, 6) is 0.139. The van der Waals surface area contributed by atoms with E-state index in [0.717, 1.165) is 32.1 Å². The van der Waals surface area contributed by atoms with Gasteiger partial charge in [-0.1, -0.05) is 43.2 Å². The van der Waals surface area contributed by atoms with Crippen molar-refractivity contribution in [3.05, 3.63) is 63.1 Å². The molecule has 1 heterocycles. The normalized spacial score (nSPS) is 16.2. The molecular formula is C22H27NO4. The van der Waals surface area contributed by atoms with E-state index in [1.807, 2.05) is 6.07 Å². The number of Topliss-reactive ketones (excluding diaryl/α,β-unsaturated/α-hetero) is 1. The van der Waals surface area contributed by atoms with Gasteiger partial charge in [0.25, 0.3) is 0 Å². The maximum absolute atomic E-state index is 12.8. The summed E-state index contributed by atoms with van der Waals surface area (Å²) in [7, 11) is 1.42. The maximum atomic E-state index is 12.8. The van der Waals surface area contributed by atoms with Crippen LogP contribution < -0.4 is 10.2 Å². The number of unbranched alkanes of at least 4 members (excludes halogenated alkanes) is 2. The standard InChI is InChI=1S/C22H27NO4/c1-27-22-17(14-24)23-20-18(25)13-12-16(19(20)21(22)26)11-7-3-6-10-15-8-4-2-5-9-15/h2,4-5,8-9,16,24H,3,6-7,10-14H2,1H3,(H,23,26)/t16-/m0/s1. The van der Waals surface area contributed by atoms with Crippen molar-refractivity contribution in [3.63, 3.8) is 0 Å². The number of rotatable bonds is 8. The minimum atomic E-state index is -0.358. The summed E-state index contributed by atoms with van der Waals surface area (Å²) in [6.45, 7) is -0.358. The predicted molar refractivity (Wildman–Crippen MR) is 104 cm³/mol. The van der Waals surface area contributed by atoms with Gasteiger partial charge < -0.3 is 14.8 Å². The van der Waals surface area contributed by atoms with Crippen LogP contribution >= 0.6 is 0 Å². The Morgan fingerprint density at radius 1 is 1.15 bits per heavy atom. The van der Waals surface area contributed by atoms with Crippen molar-refractivity contribution in [1.82, 2.24) is 4.98 Å². The highest BCUT2D eigenvalue weighted by atomic mass is 16.5. The number of H-pyrrole nitrogens is 1. The number of pyridine rings is 1. The van der Waals surface area contributed by atoms with Crippen LogP contribution in [-0.2, 0) is 13.0 Å². The van der Waals surface area contributed by atoms with E-state index in [0.29, 0.717) is 24.1 Å². The van der Waals surface area contributed by atoms with E-state index in [1.165, 1.54) is 12.7 Å². The Morgan fingerprint density at radius 3 is 2.63 bits per heavy atom. The third-order valence-corrected chi connectivity index (χ3v) is 5.40. The number of carbonyl (C=O) groups is 1. The molecule has 27 heavy (non-hydrogen) atoms. The third-order valence-electron chi connectivity index (χ3n) is 5.40. The second kappa shape index (κ2) is 9.00. The molecule has 5 nitrogen and oxygen atoms in total. The molecule has 0 amide bonds. The molecule has 0 bridgehead atoms. The number of hydrogen-bond donors (Lipinski definition) is 2. The quantitative estimate of drug-likeness (QED) is 0.695. The molecule has 0 aliphatic heterocycles. The number of carbonyl (C=O) groups excluding carboxylic acids is 1. The number of nitrogens with one attached hydrogen (secondary N) is 1. The van der Waals surface area contributed by atoms with Crippen molar-refractivity contribution in [2.45, 2.75) is 57.5 Å². The van der Waals surface area contributed by atoms with E-state index in [9.17, 15) is 14.7 Å². The zero-order valence-electron chi connectivity index (χ0n) is 15.8. The number of hydrogen-bond acceptors (Lipinski definition) is 4. The lowest BCUT2D eigenvalue weighted by molar-refractivity contribution is 0.0959. The molecule has 0 radical (unpaired) electrons. The second-order valence-corrected chi connectivity index (χ2v) is 7.16. The molecule has 1 aromatic carbocycles. The lowest BCUT2D eigenvalue weighted by Crippen LogP contribution is -2.28. The number of benzene rings is 1. The Hall–Kier alpha value is -2.40. The summed E-state index contributed by atoms with van der Waals surface area (Å²) in [4.78, 5) is 28.1. The minimum Gasteiger partial charge on any atom is -0.491 e. The molecule has 0 saturated carbocycles. The Morgan fingerprint density at radius 2 is 1.93 bits per heavy atom. The molecule has 3 rings (SSSR count). The van der Waals surface area contributed by atoms with Crippen LogP contribution in [0.15, 0.2) is 35.1 Å². The SMILES string of the molecule is COc1c(CO)[nH]c2c(c1=O)[C@@H](CCCCCc1ccccc1)CCC2=O. The molecule has 2 aromatic rings. The molecule has 0 fully saturated rings. The van der Waals surface area contributed by atoms with Gasteiger partial charge in [0.1, 0.15) is 0 Å². The molecule has 144 valence electrons. The van der Waals surface area contributed by atoms with E-state index in [1.54, 1.807) is 0 Å². The lowest BCUT2D eigenvalue weighted by atomic mass is 9.81. The van der Waals surface area contributed by atoms with Gasteiger partial charge in [-0.25, -0.2) is 0 Å². The molecular weight excluding hydrogens is 342 g/mol. The predicted octanol–water partition coefficient (Wildman–Crippen LogP) is 3.74. The van der Waals surface area contributed by atoms with Crippen LogP contribution in [0.4, 0.5) is 0 Å². The molecule has 0 spiro atoms. The fourth-order valence-corrected chi connectivity index (χ4v) is 3.99. The van der Waals surface area contributed by atoms with Gasteiger partial charge in [0.15, 0.2) is 11.5 Å². The molecule has 1 atom stereocenters. The molecule has 5 heteroatoms. The van der Waals surface area contributed by atoms with Crippen molar-refractivity contribution in [3.8, 4) is 5.75 Å². The number of aliphatic hydroxyl groups excluding tert-OH is 1. The first-order chi connectivity index (χ1) is 13.2. The first-order valence-corrected chi connectivity index (χ1v) is 9.66. The Balaban J connectivity index is 1.67. The number of ether oxygens (including phenoxy) is 1. The van der Waals surface area contributed by atoms with Crippen molar-refractivity contribution >= 4 is 5.78 Å². The third kappa shape index (κ3) is 4.30. The summed E-state index contributed by atoms with van der Waals surface area (Å²) < 4.78 is 5.19. The fourth-order valence-electron chi connectivity index (χ4n) is 3.99. The van der Waals surface area contributed by atoms with Crippen molar-refractivity contribution < 1.29 is 14.6 Å². The van der Waals surface area contributed by atoms with Crippen LogP contribution in [0.2, 0.25) is 0 Å². The lowest BCUT2D eigenvalue weighted by Gasteiger charge is -2.25. The number of methoxy groups -OCH3 is 1. The first-order valence-electron chi connectivity index (χ1n) is 9.66. The Labute approximate surface area is 159 Å². The van der Waals surface area contributed by atoms with Crippen LogP contribution in [-0.4, -0.2) is 23.0 Å². The number of aromatic nitrogens is 1. The monoisotopic (exact) mass is 369 g/mol. The molecule has 2 N–H and O–H groups in total. The van der Waals surface area contributed by atoms with E-state index < -0.39 is 0 Å². The van der Waals surface area contributed by atoms with Gasteiger partial charge >= 0.3 is 0 Å². The molecule has 0 unspecified atom stereocenters. The highest BCUT2D eigenvalue weighted by molar-refractivity contribution is 5.97. The smallest absolute Gasteiger partial charge is 0.227 e. The first kappa shape index (κ1) is 19.4. The van der Waals surface area contributed by atoms with Crippen LogP contribution in [0.1, 0.15) is 71.8 Å². The van der Waals surface area contributed by atoms with Gasteiger partial charge in [-0.15, -0.1) is 0 Å². The number of aliphatic hydroxyl groups is 1. The van der Waals surface area contributed by atoms with Crippen LogP contribution in [0, 0.1) is 0 Å². The summed E-state index contributed by atoms with van der Waals surface area (Å²) >= 11 is 0. The van der Waals surface area contributed by atoms with E-state index in [-0.39, 0.29) is 35.2 Å². The van der Waals surface area contributed by atoms with Crippen molar-refractivity contribution in [2.75, 3.05) is 7.11 Å². The summed E-state index contributed by atoms with van der Waals surface area (Å²) in [5.41, 5.74) is 2.29. The van der Waals surface area contributed by atoms with Gasteiger partial charge in [0, 0.05) is 12.0 Å². The average molecular weight is 369 g/mol. The van der Waals surface area contributed by atoms with Gasteiger partial charge in [-0.05, 0) is 37.2 Å². The molecule has 1 aliphatic carbocycles. The topological polar surface area (TPSA) is 79.4 Å². The van der Waals surface area contributed by atoms with Gasteiger partial charge in [0.05, 0.1) is 25.1 Å². The Kier molecular flexibility index (Phi) is 6.45. The zero-order valence-corrected chi connectivity index (χ0v) is 15.8. The number of aryl methyl sites for hydroxylation is 1. The average Bonchev–Trinajstić information content (AvgIpc) is 2.70. The zero-order chi connectivity index (χ0) is 19.2.